The highest BCUT2D eigenvalue weighted by Gasteiger charge is 2.00. The lowest BCUT2D eigenvalue weighted by molar-refractivity contribution is 1.04. The van der Waals surface area contributed by atoms with Crippen LogP contribution >= 0.6 is 0 Å². The summed E-state index contributed by atoms with van der Waals surface area (Å²) in [4.78, 5) is 11.1. The molecule has 0 radical (unpaired) electrons. The molecule has 4 nitrogen and oxygen atoms in total. The van der Waals surface area contributed by atoms with Gasteiger partial charge in [-0.1, -0.05) is 12.1 Å². The molecule has 0 unspecified atom stereocenters. The Bertz CT molecular complexity index is 735. The molecule has 0 saturated heterocycles. The maximum atomic E-state index is 4.60. The van der Waals surface area contributed by atoms with Crippen molar-refractivity contribution in [2.45, 2.75) is 6.54 Å². The van der Waals surface area contributed by atoms with Gasteiger partial charge in [0.05, 0.1) is 29.5 Å². The summed E-state index contributed by atoms with van der Waals surface area (Å²) in [7, 11) is 4.07. The van der Waals surface area contributed by atoms with E-state index in [2.05, 4.69) is 44.5 Å². The molecule has 0 aliphatic rings. The standard InChI is InChI=1S/C17H18N4/c1-21(2)15-9-7-13(8-10-15)18-11-14-12-19-16-5-3-4-6-17(16)20-14/h3-10,12,18H,11H2,1-2H3. The third-order valence-electron chi connectivity index (χ3n) is 3.36. The quantitative estimate of drug-likeness (QED) is 0.795. The Morgan fingerprint density at radius 3 is 2.38 bits per heavy atom. The Hall–Kier alpha value is -2.62. The van der Waals surface area contributed by atoms with E-state index in [0.717, 1.165) is 22.4 Å². The van der Waals surface area contributed by atoms with Crippen molar-refractivity contribution in [3.8, 4) is 0 Å². The highest BCUT2D eigenvalue weighted by atomic mass is 15.1. The fourth-order valence-corrected chi connectivity index (χ4v) is 2.15. The maximum absolute atomic E-state index is 4.60. The Kier molecular flexibility index (Phi) is 3.69. The average molecular weight is 278 g/mol. The molecule has 0 aliphatic carbocycles. The van der Waals surface area contributed by atoms with Crippen LogP contribution in [0.3, 0.4) is 0 Å². The Morgan fingerprint density at radius 2 is 1.67 bits per heavy atom. The number of hydrogen-bond donors (Lipinski definition) is 1. The molecule has 3 rings (SSSR count). The molecule has 106 valence electrons. The molecule has 0 aliphatic heterocycles. The first-order valence-electron chi connectivity index (χ1n) is 6.94. The SMILES string of the molecule is CN(C)c1ccc(NCc2cnc3ccccc3n2)cc1. The Morgan fingerprint density at radius 1 is 0.952 bits per heavy atom. The van der Waals surface area contributed by atoms with Gasteiger partial charge in [0.2, 0.25) is 0 Å². The van der Waals surface area contributed by atoms with E-state index in [1.54, 1.807) is 0 Å². The van der Waals surface area contributed by atoms with Gasteiger partial charge in [-0.15, -0.1) is 0 Å². The number of rotatable bonds is 4. The lowest BCUT2D eigenvalue weighted by Crippen LogP contribution is -2.08. The molecular formula is C17H18N4. The second-order valence-corrected chi connectivity index (χ2v) is 5.14. The van der Waals surface area contributed by atoms with E-state index in [4.69, 9.17) is 0 Å². The van der Waals surface area contributed by atoms with Crippen LogP contribution in [0.5, 0.6) is 0 Å². The third kappa shape index (κ3) is 3.11. The van der Waals surface area contributed by atoms with Crippen LogP contribution in [0.1, 0.15) is 5.69 Å². The predicted molar refractivity (Wildman–Crippen MR) is 87.6 cm³/mol. The summed E-state index contributed by atoms with van der Waals surface area (Å²) < 4.78 is 0. The van der Waals surface area contributed by atoms with Gasteiger partial charge in [0.25, 0.3) is 0 Å². The first kappa shape index (κ1) is 13.4. The molecule has 0 amide bonds. The number of aromatic nitrogens is 2. The van der Waals surface area contributed by atoms with Crippen molar-refractivity contribution < 1.29 is 0 Å². The van der Waals surface area contributed by atoms with Gasteiger partial charge in [-0.2, -0.15) is 0 Å². The van der Waals surface area contributed by atoms with Gasteiger partial charge < -0.3 is 10.2 Å². The summed E-state index contributed by atoms with van der Waals surface area (Å²) >= 11 is 0. The first-order valence-corrected chi connectivity index (χ1v) is 6.94. The van der Waals surface area contributed by atoms with E-state index >= 15 is 0 Å². The largest absolute Gasteiger partial charge is 0.379 e. The number of nitrogens with one attached hydrogen (secondary N) is 1. The van der Waals surface area contributed by atoms with Gasteiger partial charge in [0.15, 0.2) is 0 Å². The van der Waals surface area contributed by atoms with Crippen LogP contribution < -0.4 is 10.2 Å². The summed E-state index contributed by atoms with van der Waals surface area (Å²) in [6.45, 7) is 0.666. The van der Waals surface area contributed by atoms with Crippen molar-refractivity contribution in [1.82, 2.24) is 9.97 Å². The lowest BCUT2D eigenvalue weighted by atomic mass is 10.2. The minimum Gasteiger partial charge on any atom is -0.379 e. The summed E-state index contributed by atoms with van der Waals surface area (Å²) in [6, 6.07) is 16.2. The highest BCUT2D eigenvalue weighted by Crippen LogP contribution is 2.16. The molecule has 1 aromatic heterocycles. The Balaban J connectivity index is 1.71. The number of para-hydroxylation sites is 2. The van der Waals surface area contributed by atoms with Gasteiger partial charge >= 0.3 is 0 Å². The van der Waals surface area contributed by atoms with Crippen molar-refractivity contribution >= 4 is 22.4 Å². The van der Waals surface area contributed by atoms with E-state index in [-0.39, 0.29) is 0 Å². The molecular weight excluding hydrogens is 260 g/mol. The van der Waals surface area contributed by atoms with Crippen molar-refractivity contribution in [2.75, 3.05) is 24.3 Å². The average Bonchev–Trinajstić information content (AvgIpc) is 2.53. The van der Waals surface area contributed by atoms with Crippen LogP contribution in [-0.4, -0.2) is 24.1 Å². The van der Waals surface area contributed by atoms with E-state index in [1.165, 1.54) is 5.69 Å². The number of benzene rings is 2. The zero-order chi connectivity index (χ0) is 14.7. The van der Waals surface area contributed by atoms with Crippen molar-refractivity contribution in [1.29, 1.82) is 0 Å². The van der Waals surface area contributed by atoms with Crippen LogP contribution in [0.25, 0.3) is 11.0 Å². The monoisotopic (exact) mass is 278 g/mol. The third-order valence-corrected chi connectivity index (χ3v) is 3.36. The van der Waals surface area contributed by atoms with E-state index in [0.29, 0.717) is 6.54 Å². The molecule has 1 N–H and O–H groups in total. The summed E-state index contributed by atoms with van der Waals surface area (Å²) in [5.74, 6) is 0. The van der Waals surface area contributed by atoms with Crippen molar-refractivity contribution in [3.05, 3.63) is 60.4 Å². The molecule has 0 atom stereocenters. The van der Waals surface area contributed by atoms with Gasteiger partial charge in [-0.05, 0) is 36.4 Å². The molecule has 3 aromatic rings. The molecule has 1 heterocycles. The van der Waals surface area contributed by atoms with Crippen LogP contribution in [0.2, 0.25) is 0 Å². The predicted octanol–water partition coefficient (Wildman–Crippen LogP) is 3.31. The molecule has 0 fully saturated rings. The van der Waals surface area contributed by atoms with Crippen LogP contribution in [0.15, 0.2) is 54.7 Å². The number of anilines is 2. The van der Waals surface area contributed by atoms with Gasteiger partial charge in [0, 0.05) is 25.5 Å². The summed E-state index contributed by atoms with van der Waals surface area (Å²) in [6.07, 6.45) is 1.82. The number of fused-ring (bicyclic) bond motifs is 1. The summed E-state index contributed by atoms with van der Waals surface area (Å²) in [5, 5.41) is 3.37. The second kappa shape index (κ2) is 5.79. The molecule has 4 heteroatoms. The number of hydrogen-bond acceptors (Lipinski definition) is 4. The maximum Gasteiger partial charge on any atom is 0.0890 e. The van der Waals surface area contributed by atoms with Crippen molar-refractivity contribution in [3.63, 3.8) is 0 Å². The smallest absolute Gasteiger partial charge is 0.0890 e. The number of nitrogens with zero attached hydrogens (tertiary/aromatic N) is 3. The fraction of sp³-hybridized carbons (Fsp3) is 0.176. The highest BCUT2D eigenvalue weighted by molar-refractivity contribution is 5.73. The van der Waals surface area contributed by atoms with E-state index in [9.17, 15) is 0 Å². The topological polar surface area (TPSA) is 41.0 Å². The molecule has 0 bridgehead atoms. The van der Waals surface area contributed by atoms with Gasteiger partial charge in [0.1, 0.15) is 0 Å². The first-order chi connectivity index (χ1) is 10.2. The van der Waals surface area contributed by atoms with E-state index in [1.807, 2.05) is 44.6 Å². The van der Waals surface area contributed by atoms with Crippen LogP contribution in [0, 0.1) is 0 Å². The minimum absolute atomic E-state index is 0.666. The van der Waals surface area contributed by atoms with E-state index < -0.39 is 0 Å². The molecule has 0 spiro atoms. The molecule has 2 aromatic carbocycles. The zero-order valence-electron chi connectivity index (χ0n) is 12.2. The lowest BCUT2D eigenvalue weighted by Gasteiger charge is -2.13. The zero-order valence-corrected chi connectivity index (χ0v) is 12.2. The minimum atomic E-state index is 0.666. The van der Waals surface area contributed by atoms with Crippen LogP contribution in [-0.2, 0) is 6.54 Å². The van der Waals surface area contributed by atoms with Crippen LogP contribution in [0.4, 0.5) is 11.4 Å². The van der Waals surface area contributed by atoms with Gasteiger partial charge in [-0.25, -0.2) is 4.98 Å². The van der Waals surface area contributed by atoms with Crippen molar-refractivity contribution in [2.24, 2.45) is 0 Å². The van der Waals surface area contributed by atoms with Gasteiger partial charge in [-0.3, -0.25) is 4.98 Å². The second-order valence-electron chi connectivity index (χ2n) is 5.14. The molecule has 21 heavy (non-hydrogen) atoms. The fourth-order valence-electron chi connectivity index (χ4n) is 2.15. The summed E-state index contributed by atoms with van der Waals surface area (Å²) in [5.41, 5.74) is 5.06. The molecule has 0 saturated carbocycles. The Labute approximate surface area is 124 Å². The normalized spacial score (nSPS) is 10.6.